The van der Waals surface area contributed by atoms with E-state index in [-0.39, 0.29) is 10.7 Å². The molecule has 4 nitrogen and oxygen atoms in total. The first-order valence-corrected chi connectivity index (χ1v) is 11.1. The summed E-state index contributed by atoms with van der Waals surface area (Å²) in [7, 11) is -1.54. The molecule has 0 spiro atoms. The number of hydrogen-bond donors (Lipinski definition) is 2. The number of aryl methyl sites for hydroxylation is 1. The lowest BCUT2D eigenvalue weighted by Crippen LogP contribution is -2.46. The molecule has 0 saturated carbocycles. The molecule has 0 saturated heterocycles. The smallest absolute Gasteiger partial charge is 0.309 e. The molecule has 0 fully saturated rings. The van der Waals surface area contributed by atoms with Crippen LogP contribution in [0.3, 0.4) is 0 Å². The molecule has 1 amide bonds. The lowest BCUT2D eigenvalue weighted by Gasteiger charge is -2.35. The average molecular weight is 422 g/mol. The fourth-order valence-electron chi connectivity index (χ4n) is 2.24. The van der Waals surface area contributed by atoms with Crippen LogP contribution >= 0.6 is 8.44 Å². The molecule has 1 aromatic heterocycles. The summed E-state index contributed by atoms with van der Waals surface area (Å²) in [6.45, 7) is 4.42. The Hall–Kier alpha value is -1.86. The Labute approximate surface area is 157 Å². The first kappa shape index (κ1) is 21.4. The van der Waals surface area contributed by atoms with Gasteiger partial charge in [0.2, 0.25) is 5.91 Å². The molecule has 148 valence electrons. The third kappa shape index (κ3) is 4.35. The second-order valence-corrected chi connectivity index (χ2v) is 11.7. The van der Waals surface area contributed by atoms with Gasteiger partial charge in [0.15, 0.2) is 0 Å². The van der Waals surface area contributed by atoms with Crippen molar-refractivity contribution >= 4 is 29.7 Å². The maximum absolute atomic E-state index is 14.3. The molecule has 0 aliphatic heterocycles. The molecular weight excluding hydrogens is 403 g/mol. The molecule has 1 unspecified atom stereocenters. The van der Waals surface area contributed by atoms with Crippen LogP contribution in [0.25, 0.3) is 0 Å². The monoisotopic (exact) mass is 422 g/mol. The standard InChI is InChI=1S/C17H19F4N2O2PS/c1-10-4-6-13(12(18)8-10)27(25,26)16(2,3)15(24)23-14-7-5-11(9-22-14)17(19,20)21/h4-9,27H,26H2,1-3H3,(H,22,23,24). The van der Waals surface area contributed by atoms with Crippen molar-refractivity contribution in [2.45, 2.75) is 36.6 Å². The maximum Gasteiger partial charge on any atom is 0.417 e. The Morgan fingerprint density at radius 2 is 1.81 bits per heavy atom. The number of pyridine rings is 1. The van der Waals surface area contributed by atoms with Crippen LogP contribution in [0.2, 0.25) is 0 Å². The SMILES string of the molecule is Cc1ccc([SH](=O)(P)C(C)(C)C(=O)Nc2ccc(C(F)(F)F)cn2)c(F)c1. The van der Waals surface area contributed by atoms with Crippen molar-refractivity contribution in [2.75, 3.05) is 5.32 Å². The molecule has 1 N–H and O–H groups in total. The Balaban J connectivity index is 2.29. The Morgan fingerprint density at radius 3 is 2.30 bits per heavy atom. The minimum atomic E-state index is -4.55. The number of nitrogens with zero attached hydrogens (tertiary/aromatic N) is 1. The molecule has 1 atom stereocenters. The van der Waals surface area contributed by atoms with Crippen LogP contribution in [0, 0.1) is 12.7 Å². The number of halogens is 4. The van der Waals surface area contributed by atoms with Crippen LogP contribution in [-0.2, 0) is 20.5 Å². The number of rotatable bonds is 4. The van der Waals surface area contributed by atoms with Gasteiger partial charge < -0.3 is 5.32 Å². The zero-order chi connectivity index (χ0) is 20.6. The van der Waals surface area contributed by atoms with Crippen molar-refractivity contribution in [3.63, 3.8) is 0 Å². The zero-order valence-corrected chi connectivity index (χ0v) is 16.8. The van der Waals surface area contributed by atoms with Crippen molar-refractivity contribution in [3.8, 4) is 0 Å². The van der Waals surface area contributed by atoms with Gasteiger partial charge in [0.25, 0.3) is 0 Å². The fourth-order valence-corrected chi connectivity index (χ4v) is 4.86. The molecule has 2 aromatic rings. The third-order valence-electron chi connectivity index (χ3n) is 4.18. The summed E-state index contributed by atoms with van der Waals surface area (Å²) in [6, 6.07) is 5.94. The number of thiol groups is 1. The number of carbonyl (C=O) groups is 1. The second-order valence-electron chi connectivity index (χ2n) is 6.56. The lowest BCUT2D eigenvalue weighted by molar-refractivity contribution is -0.137. The van der Waals surface area contributed by atoms with E-state index in [0.717, 1.165) is 12.1 Å². The number of benzene rings is 1. The van der Waals surface area contributed by atoms with Crippen LogP contribution in [0.5, 0.6) is 0 Å². The molecule has 10 heteroatoms. The number of anilines is 1. The van der Waals surface area contributed by atoms with Crippen molar-refractivity contribution in [3.05, 3.63) is 53.5 Å². The molecule has 0 aliphatic carbocycles. The highest BCUT2D eigenvalue weighted by molar-refractivity contribution is 8.46. The van der Waals surface area contributed by atoms with E-state index in [1.165, 1.54) is 26.0 Å². The predicted octanol–water partition coefficient (Wildman–Crippen LogP) is 4.13. The van der Waals surface area contributed by atoms with Crippen molar-refractivity contribution in [1.82, 2.24) is 4.98 Å². The van der Waals surface area contributed by atoms with Gasteiger partial charge in [-0.05, 0) is 50.6 Å². The number of alkyl halides is 3. The van der Waals surface area contributed by atoms with Gasteiger partial charge in [-0.2, -0.15) is 13.2 Å². The zero-order valence-electron chi connectivity index (χ0n) is 14.8. The summed E-state index contributed by atoms with van der Waals surface area (Å²) in [5.74, 6) is -1.58. The topological polar surface area (TPSA) is 59.1 Å². The molecule has 1 heterocycles. The van der Waals surface area contributed by atoms with Gasteiger partial charge in [0.1, 0.15) is 16.4 Å². The fraction of sp³-hybridized carbons (Fsp3) is 0.294. The number of amides is 1. The number of hydrogen-bond acceptors (Lipinski definition) is 3. The van der Waals surface area contributed by atoms with Crippen molar-refractivity contribution in [2.24, 2.45) is 0 Å². The van der Waals surface area contributed by atoms with Crippen molar-refractivity contribution < 1.29 is 26.6 Å². The van der Waals surface area contributed by atoms with Gasteiger partial charge in [0, 0.05) is 6.20 Å². The van der Waals surface area contributed by atoms with Crippen molar-refractivity contribution in [1.29, 1.82) is 0 Å². The maximum atomic E-state index is 14.3. The van der Waals surface area contributed by atoms with E-state index >= 15 is 0 Å². The quantitative estimate of drug-likeness (QED) is 0.443. The largest absolute Gasteiger partial charge is 0.417 e. The van der Waals surface area contributed by atoms with E-state index in [0.29, 0.717) is 11.8 Å². The Morgan fingerprint density at radius 1 is 1.19 bits per heavy atom. The van der Waals surface area contributed by atoms with Gasteiger partial charge in [-0.15, -0.1) is 0 Å². The highest BCUT2D eigenvalue weighted by Crippen LogP contribution is 2.40. The van der Waals surface area contributed by atoms with Gasteiger partial charge in [-0.1, -0.05) is 24.1 Å². The average Bonchev–Trinajstić information content (AvgIpc) is 2.53. The summed E-state index contributed by atoms with van der Waals surface area (Å²) >= 11 is 0. The van der Waals surface area contributed by atoms with Gasteiger partial charge >= 0.3 is 6.18 Å². The van der Waals surface area contributed by atoms with Crippen LogP contribution in [0.4, 0.5) is 23.4 Å². The Bertz CT molecular complexity index is 914. The van der Waals surface area contributed by atoms with E-state index in [2.05, 4.69) is 18.7 Å². The summed E-state index contributed by atoms with van der Waals surface area (Å²) < 4.78 is 63.7. The van der Waals surface area contributed by atoms with E-state index in [1.807, 2.05) is 0 Å². The predicted molar refractivity (Wildman–Crippen MR) is 101 cm³/mol. The highest BCUT2D eigenvalue weighted by Gasteiger charge is 2.41. The van der Waals surface area contributed by atoms with E-state index in [4.69, 9.17) is 0 Å². The molecule has 0 bridgehead atoms. The normalized spacial score (nSPS) is 13.3. The second kappa shape index (κ2) is 7.28. The van der Waals surface area contributed by atoms with Crippen LogP contribution in [0.15, 0.2) is 41.4 Å². The molecular formula is C17H19F4N2O2PS. The summed E-state index contributed by atoms with van der Waals surface area (Å²) in [6.07, 6.45) is -3.96. The van der Waals surface area contributed by atoms with Crippen LogP contribution in [-0.4, -0.2) is 19.8 Å². The van der Waals surface area contributed by atoms with E-state index in [9.17, 15) is 26.6 Å². The van der Waals surface area contributed by atoms with E-state index < -0.39 is 37.8 Å². The summed E-state index contributed by atoms with van der Waals surface area (Å²) in [5, 5.41) is 2.34. The number of carbonyl (C=O) groups excluding carboxylic acids is 1. The number of aromatic nitrogens is 1. The van der Waals surface area contributed by atoms with Gasteiger partial charge in [-0.25, -0.2) is 9.37 Å². The minimum Gasteiger partial charge on any atom is -0.309 e. The molecule has 0 radical (unpaired) electrons. The van der Waals surface area contributed by atoms with Crippen LogP contribution < -0.4 is 5.32 Å². The minimum absolute atomic E-state index is 0.0985. The Kier molecular flexibility index (Phi) is 5.78. The first-order chi connectivity index (χ1) is 12.3. The molecule has 27 heavy (non-hydrogen) atoms. The molecule has 0 aliphatic rings. The first-order valence-electron chi connectivity index (χ1n) is 7.77. The lowest BCUT2D eigenvalue weighted by atomic mass is 10.2. The highest BCUT2D eigenvalue weighted by atomic mass is 32.8. The van der Waals surface area contributed by atoms with Gasteiger partial charge in [0.05, 0.1) is 10.5 Å². The summed E-state index contributed by atoms with van der Waals surface area (Å²) in [4.78, 5) is 16.1. The third-order valence-corrected chi connectivity index (χ3v) is 9.89. The molecule has 2 rings (SSSR count). The van der Waals surface area contributed by atoms with Gasteiger partial charge in [-0.3, -0.25) is 9.00 Å². The summed E-state index contributed by atoms with van der Waals surface area (Å²) in [5.41, 5.74) is -0.323. The molecule has 1 aromatic carbocycles. The van der Waals surface area contributed by atoms with E-state index in [1.54, 1.807) is 13.0 Å². The number of nitrogens with one attached hydrogen (secondary N) is 1. The van der Waals surface area contributed by atoms with Crippen LogP contribution in [0.1, 0.15) is 25.0 Å².